The maximum absolute atomic E-state index is 11.7. The Balaban J connectivity index is 2.03. The predicted octanol–water partition coefficient (Wildman–Crippen LogP) is 1.51. The second kappa shape index (κ2) is 4.71. The van der Waals surface area contributed by atoms with E-state index < -0.39 is 0 Å². The summed E-state index contributed by atoms with van der Waals surface area (Å²) < 4.78 is 0.824. The summed E-state index contributed by atoms with van der Waals surface area (Å²) in [6, 6.07) is -0.224. The Morgan fingerprint density at radius 3 is 3.00 bits per heavy atom. The Morgan fingerprint density at radius 2 is 2.44 bits per heavy atom. The summed E-state index contributed by atoms with van der Waals surface area (Å²) in [7, 11) is 0. The third-order valence-electron chi connectivity index (χ3n) is 1.86. The Labute approximate surface area is 104 Å². The van der Waals surface area contributed by atoms with Crippen LogP contribution in [0.25, 0.3) is 0 Å². The summed E-state index contributed by atoms with van der Waals surface area (Å²) in [6.07, 6.45) is 3.00. The molecule has 0 aliphatic heterocycles. The zero-order chi connectivity index (χ0) is 11.5. The molecule has 6 nitrogen and oxygen atoms in total. The summed E-state index contributed by atoms with van der Waals surface area (Å²) in [6.45, 7) is 1.82. The minimum Gasteiger partial charge on any atom is -0.340 e. The van der Waals surface area contributed by atoms with Crippen molar-refractivity contribution < 1.29 is 4.79 Å². The number of rotatable bonds is 3. The van der Waals surface area contributed by atoms with E-state index in [9.17, 15) is 4.79 Å². The minimum atomic E-state index is -0.224. The standard InChI is InChI=1S/C8H8BrN5OS/c1-4(6-11-3-12-14-6)13-7(15)8-10-2-5(9)16-8/h2-4H,1H3,(H,13,15)(H,11,12,14)/t4-/m0/s1. The summed E-state index contributed by atoms with van der Waals surface area (Å²) in [5, 5.41) is 9.60. The molecule has 2 rings (SSSR count). The van der Waals surface area contributed by atoms with E-state index in [4.69, 9.17) is 0 Å². The zero-order valence-electron chi connectivity index (χ0n) is 8.27. The minimum absolute atomic E-state index is 0.223. The number of aromatic nitrogens is 4. The maximum atomic E-state index is 11.7. The first-order chi connectivity index (χ1) is 7.66. The van der Waals surface area contributed by atoms with E-state index in [2.05, 4.69) is 41.4 Å². The van der Waals surface area contributed by atoms with Gasteiger partial charge in [-0.15, -0.1) is 11.3 Å². The molecule has 1 amide bonds. The number of aromatic amines is 1. The average Bonchev–Trinajstić information content (AvgIpc) is 2.87. The van der Waals surface area contributed by atoms with Crippen LogP contribution in [0.1, 0.15) is 28.6 Å². The van der Waals surface area contributed by atoms with Gasteiger partial charge in [0.25, 0.3) is 5.91 Å². The van der Waals surface area contributed by atoms with Crippen LogP contribution < -0.4 is 5.32 Å². The van der Waals surface area contributed by atoms with Gasteiger partial charge in [0, 0.05) is 0 Å². The molecule has 1 atom stereocenters. The molecule has 16 heavy (non-hydrogen) atoms. The van der Waals surface area contributed by atoms with Gasteiger partial charge in [-0.3, -0.25) is 9.89 Å². The number of hydrogen-bond acceptors (Lipinski definition) is 5. The summed E-state index contributed by atoms with van der Waals surface area (Å²) >= 11 is 4.54. The lowest BCUT2D eigenvalue weighted by molar-refractivity contribution is 0.0938. The molecule has 0 saturated carbocycles. The Bertz CT molecular complexity index is 482. The molecule has 0 spiro atoms. The molecular weight excluding hydrogens is 294 g/mol. The molecule has 2 N–H and O–H groups in total. The molecule has 0 aliphatic carbocycles. The monoisotopic (exact) mass is 301 g/mol. The van der Waals surface area contributed by atoms with Gasteiger partial charge in [-0.25, -0.2) is 9.97 Å². The van der Waals surface area contributed by atoms with Crippen molar-refractivity contribution in [1.82, 2.24) is 25.5 Å². The van der Waals surface area contributed by atoms with Crippen LogP contribution in [0.3, 0.4) is 0 Å². The molecule has 0 saturated heterocycles. The number of amides is 1. The van der Waals surface area contributed by atoms with E-state index in [0.29, 0.717) is 10.8 Å². The van der Waals surface area contributed by atoms with Gasteiger partial charge in [0.2, 0.25) is 0 Å². The normalized spacial score (nSPS) is 12.4. The third kappa shape index (κ3) is 2.45. The lowest BCUT2D eigenvalue weighted by Crippen LogP contribution is -2.27. The van der Waals surface area contributed by atoms with E-state index in [1.165, 1.54) is 17.7 Å². The van der Waals surface area contributed by atoms with Crippen molar-refractivity contribution in [3.63, 3.8) is 0 Å². The van der Waals surface area contributed by atoms with Gasteiger partial charge in [-0.2, -0.15) is 5.10 Å². The van der Waals surface area contributed by atoms with Crippen molar-refractivity contribution in [2.45, 2.75) is 13.0 Å². The van der Waals surface area contributed by atoms with Crippen molar-refractivity contribution in [3.05, 3.63) is 27.1 Å². The summed E-state index contributed by atoms with van der Waals surface area (Å²) in [4.78, 5) is 19.6. The SMILES string of the molecule is C[C@H](NC(=O)c1ncc(Br)s1)c1ncn[nH]1. The molecule has 8 heteroatoms. The highest BCUT2D eigenvalue weighted by Crippen LogP contribution is 2.19. The van der Waals surface area contributed by atoms with Crippen molar-refractivity contribution in [1.29, 1.82) is 0 Å². The van der Waals surface area contributed by atoms with E-state index in [0.717, 1.165) is 3.79 Å². The fourth-order valence-corrected chi connectivity index (χ4v) is 2.22. The summed E-state index contributed by atoms with van der Waals surface area (Å²) in [5.74, 6) is 0.392. The molecule has 84 valence electrons. The molecule has 0 aliphatic rings. The van der Waals surface area contributed by atoms with Gasteiger partial charge in [0.05, 0.1) is 16.0 Å². The zero-order valence-corrected chi connectivity index (χ0v) is 10.7. The van der Waals surface area contributed by atoms with Crippen LogP contribution in [-0.2, 0) is 0 Å². The maximum Gasteiger partial charge on any atom is 0.280 e. The Morgan fingerprint density at radius 1 is 1.62 bits per heavy atom. The van der Waals surface area contributed by atoms with Gasteiger partial charge in [0.1, 0.15) is 12.2 Å². The molecule has 0 bridgehead atoms. The van der Waals surface area contributed by atoms with Gasteiger partial charge in [-0.1, -0.05) is 0 Å². The molecule has 2 aromatic rings. The molecule has 0 unspecified atom stereocenters. The molecule has 2 heterocycles. The second-order valence-corrected chi connectivity index (χ2v) is 5.45. The highest BCUT2D eigenvalue weighted by molar-refractivity contribution is 9.11. The largest absolute Gasteiger partial charge is 0.340 e. The predicted molar refractivity (Wildman–Crippen MR) is 62.1 cm³/mol. The lowest BCUT2D eigenvalue weighted by Gasteiger charge is -2.08. The van der Waals surface area contributed by atoms with Gasteiger partial charge < -0.3 is 5.32 Å². The number of H-pyrrole nitrogens is 1. The van der Waals surface area contributed by atoms with E-state index in [1.54, 1.807) is 6.20 Å². The van der Waals surface area contributed by atoms with Crippen LogP contribution in [0.2, 0.25) is 0 Å². The molecule has 0 aromatic carbocycles. The average molecular weight is 302 g/mol. The number of thiazole rings is 1. The first-order valence-electron chi connectivity index (χ1n) is 4.44. The van der Waals surface area contributed by atoms with Crippen LogP contribution in [0, 0.1) is 0 Å². The van der Waals surface area contributed by atoms with Crippen molar-refractivity contribution in [2.75, 3.05) is 0 Å². The van der Waals surface area contributed by atoms with Gasteiger partial charge >= 0.3 is 0 Å². The lowest BCUT2D eigenvalue weighted by atomic mass is 10.3. The van der Waals surface area contributed by atoms with Crippen molar-refractivity contribution >= 4 is 33.2 Å². The Hall–Kier alpha value is -1.28. The topological polar surface area (TPSA) is 83.6 Å². The van der Waals surface area contributed by atoms with Crippen LogP contribution in [-0.4, -0.2) is 26.1 Å². The number of nitrogens with zero attached hydrogens (tertiary/aromatic N) is 3. The quantitative estimate of drug-likeness (QED) is 0.900. The van der Waals surface area contributed by atoms with Gasteiger partial charge in [0.15, 0.2) is 5.01 Å². The van der Waals surface area contributed by atoms with Crippen LogP contribution in [0.4, 0.5) is 0 Å². The number of carbonyl (C=O) groups is 1. The first kappa shape index (κ1) is 11.2. The Kier molecular flexibility index (Phi) is 3.30. The fraction of sp³-hybridized carbons (Fsp3) is 0.250. The number of carbonyl (C=O) groups excluding carboxylic acids is 1. The van der Waals surface area contributed by atoms with Crippen molar-refractivity contribution in [2.24, 2.45) is 0 Å². The van der Waals surface area contributed by atoms with Crippen LogP contribution in [0.15, 0.2) is 16.3 Å². The number of halogens is 1. The molecule has 2 aromatic heterocycles. The fourth-order valence-electron chi connectivity index (χ4n) is 1.11. The number of nitrogens with one attached hydrogen (secondary N) is 2. The smallest absolute Gasteiger partial charge is 0.280 e. The van der Waals surface area contributed by atoms with Gasteiger partial charge in [-0.05, 0) is 22.9 Å². The highest BCUT2D eigenvalue weighted by atomic mass is 79.9. The highest BCUT2D eigenvalue weighted by Gasteiger charge is 2.15. The van der Waals surface area contributed by atoms with E-state index in [1.807, 2.05) is 6.92 Å². The van der Waals surface area contributed by atoms with Crippen LogP contribution >= 0.6 is 27.3 Å². The van der Waals surface area contributed by atoms with E-state index in [-0.39, 0.29) is 11.9 Å². The summed E-state index contributed by atoms with van der Waals surface area (Å²) in [5.41, 5.74) is 0. The molecular formula is C8H8BrN5OS. The van der Waals surface area contributed by atoms with Crippen LogP contribution in [0.5, 0.6) is 0 Å². The van der Waals surface area contributed by atoms with Crippen molar-refractivity contribution in [3.8, 4) is 0 Å². The number of hydrogen-bond donors (Lipinski definition) is 2. The first-order valence-corrected chi connectivity index (χ1v) is 6.05. The molecule has 0 radical (unpaired) electrons. The van der Waals surface area contributed by atoms with E-state index >= 15 is 0 Å². The molecule has 0 fully saturated rings. The third-order valence-corrected chi connectivity index (χ3v) is 3.34. The second-order valence-electron chi connectivity index (χ2n) is 3.04.